The number of pyridine rings is 1. The van der Waals surface area contributed by atoms with E-state index in [4.69, 9.17) is 0 Å². The van der Waals surface area contributed by atoms with Gasteiger partial charge in [0.1, 0.15) is 5.82 Å². The van der Waals surface area contributed by atoms with Crippen molar-refractivity contribution >= 4 is 0 Å². The Morgan fingerprint density at radius 1 is 1.12 bits per heavy atom. The molecule has 2 nitrogen and oxygen atoms in total. The van der Waals surface area contributed by atoms with Gasteiger partial charge in [-0.05, 0) is 24.7 Å². The lowest BCUT2D eigenvalue weighted by Crippen LogP contribution is -2.18. The van der Waals surface area contributed by atoms with Crippen molar-refractivity contribution in [2.24, 2.45) is 0 Å². The maximum atomic E-state index is 12.8. The molecule has 0 saturated carbocycles. The topological polar surface area (TPSA) is 24.9 Å². The van der Waals surface area contributed by atoms with E-state index in [1.54, 1.807) is 6.07 Å². The lowest BCUT2D eigenvalue weighted by molar-refractivity contribution is 0.610. The molecule has 82 valence electrons. The fourth-order valence-corrected chi connectivity index (χ4v) is 1.69. The molecule has 2 rings (SSSR count). The van der Waals surface area contributed by atoms with Gasteiger partial charge < -0.3 is 5.32 Å². The number of benzene rings is 1. The number of halogens is 1. The summed E-state index contributed by atoms with van der Waals surface area (Å²) >= 11 is 0. The van der Waals surface area contributed by atoms with Gasteiger partial charge in [0, 0.05) is 0 Å². The Morgan fingerprint density at radius 3 is 2.44 bits per heavy atom. The molecule has 0 spiro atoms. The van der Waals surface area contributed by atoms with E-state index in [1.807, 2.05) is 37.4 Å². The van der Waals surface area contributed by atoms with Crippen LogP contribution >= 0.6 is 0 Å². The van der Waals surface area contributed by atoms with E-state index in [1.165, 1.54) is 12.3 Å². The van der Waals surface area contributed by atoms with Gasteiger partial charge >= 0.3 is 0 Å². The van der Waals surface area contributed by atoms with Crippen LogP contribution in [0.15, 0.2) is 48.7 Å². The van der Waals surface area contributed by atoms with Crippen molar-refractivity contribution in [1.29, 1.82) is 0 Å². The average Bonchev–Trinajstić information content (AvgIpc) is 2.34. The summed E-state index contributed by atoms with van der Waals surface area (Å²) in [5.41, 5.74) is 1.93. The highest BCUT2D eigenvalue weighted by Crippen LogP contribution is 2.19. The van der Waals surface area contributed by atoms with Crippen LogP contribution in [0.2, 0.25) is 0 Å². The van der Waals surface area contributed by atoms with E-state index < -0.39 is 0 Å². The fourth-order valence-electron chi connectivity index (χ4n) is 1.69. The summed E-state index contributed by atoms with van der Waals surface area (Å²) in [6.45, 7) is 0. The molecular formula is C13H13FN2. The normalized spacial score (nSPS) is 12.4. The number of nitrogens with zero attached hydrogens (tertiary/aromatic N) is 1. The van der Waals surface area contributed by atoms with Crippen molar-refractivity contribution in [3.05, 3.63) is 65.7 Å². The summed E-state index contributed by atoms with van der Waals surface area (Å²) in [5.74, 6) is -0.313. The van der Waals surface area contributed by atoms with E-state index in [0.717, 1.165) is 11.3 Å². The molecule has 0 fully saturated rings. The lowest BCUT2D eigenvalue weighted by Gasteiger charge is -2.15. The molecule has 0 aliphatic rings. The smallest absolute Gasteiger partial charge is 0.141 e. The minimum Gasteiger partial charge on any atom is -0.308 e. The molecule has 1 aromatic carbocycles. The molecule has 2 aromatic rings. The van der Waals surface area contributed by atoms with Crippen LogP contribution in [-0.2, 0) is 0 Å². The highest BCUT2D eigenvalue weighted by Gasteiger charge is 2.12. The first kappa shape index (κ1) is 10.8. The van der Waals surface area contributed by atoms with Crippen LogP contribution in [0.4, 0.5) is 4.39 Å². The van der Waals surface area contributed by atoms with Crippen LogP contribution < -0.4 is 5.32 Å². The average molecular weight is 216 g/mol. The molecule has 1 aromatic heterocycles. The van der Waals surface area contributed by atoms with Gasteiger partial charge in [0.05, 0.1) is 17.9 Å². The van der Waals surface area contributed by atoms with Crippen molar-refractivity contribution in [3.63, 3.8) is 0 Å². The molecule has 0 aliphatic carbocycles. The van der Waals surface area contributed by atoms with Gasteiger partial charge in [0.25, 0.3) is 0 Å². The van der Waals surface area contributed by atoms with Crippen LogP contribution in [0.1, 0.15) is 17.3 Å². The minimum absolute atomic E-state index is 0.00167. The first-order valence-corrected chi connectivity index (χ1v) is 5.15. The maximum absolute atomic E-state index is 12.8. The van der Waals surface area contributed by atoms with Gasteiger partial charge in [0.2, 0.25) is 0 Å². The van der Waals surface area contributed by atoms with Gasteiger partial charge in [-0.1, -0.05) is 30.3 Å². The van der Waals surface area contributed by atoms with Gasteiger partial charge in [-0.15, -0.1) is 0 Å². The Labute approximate surface area is 94.2 Å². The summed E-state index contributed by atoms with van der Waals surface area (Å²) in [7, 11) is 1.86. The van der Waals surface area contributed by atoms with E-state index in [2.05, 4.69) is 10.3 Å². The highest BCUT2D eigenvalue weighted by atomic mass is 19.1. The van der Waals surface area contributed by atoms with Gasteiger partial charge in [0.15, 0.2) is 0 Å². The van der Waals surface area contributed by atoms with E-state index >= 15 is 0 Å². The van der Waals surface area contributed by atoms with Crippen molar-refractivity contribution in [3.8, 4) is 0 Å². The van der Waals surface area contributed by atoms with Crippen LogP contribution in [0, 0.1) is 5.82 Å². The zero-order valence-corrected chi connectivity index (χ0v) is 9.02. The summed E-state index contributed by atoms with van der Waals surface area (Å²) in [4.78, 5) is 4.09. The molecular weight excluding hydrogens is 203 g/mol. The molecule has 0 bridgehead atoms. The molecule has 0 amide bonds. The monoisotopic (exact) mass is 216 g/mol. The van der Waals surface area contributed by atoms with Crippen molar-refractivity contribution < 1.29 is 4.39 Å². The standard InChI is InChI=1S/C13H13FN2/c1-15-13(10-5-3-2-4-6-10)12-8-7-11(14)9-16-12/h2-9,13,15H,1H3. The Balaban J connectivity index is 2.33. The Kier molecular flexibility index (Phi) is 3.27. The number of aromatic nitrogens is 1. The van der Waals surface area contributed by atoms with E-state index in [9.17, 15) is 4.39 Å². The van der Waals surface area contributed by atoms with Crippen LogP contribution in [-0.4, -0.2) is 12.0 Å². The molecule has 1 N–H and O–H groups in total. The summed E-state index contributed by atoms with van der Waals surface area (Å²) in [5, 5.41) is 3.17. The second kappa shape index (κ2) is 4.86. The number of hydrogen-bond donors (Lipinski definition) is 1. The predicted octanol–water partition coefficient (Wildman–Crippen LogP) is 2.53. The van der Waals surface area contributed by atoms with Crippen molar-refractivity contribution in [2.75, 3.05) is 7.05 Å². The zero-order valence-electron chi connectivity index (χ0n) is 9.02. The molecule has 3 heteroatoms. The third-order valence-corrected chi connectivity index (χ3v) is 2.47. The number of hydrogen-bond acceptors (Lipinski definition) is 2. The number of rotatable bonds is 3. The van der Waals surface area contributed by atoms with Crippen LogP contribution in [0.3, 0.4) is 0 Å². The van der Waals surface area contributed by atoms with Crippen LogP contribution in [0.5, 0.6) is 0 Å². The third-order valence-electron chi connectivity index (χ3n) is 2.47. The molecule has 0 saturated heterocycles. The summed E-state index contributed by atoms with van der Waals surface area (Å²) in [6, 6.07) is 13.1. The summed E-state index contributed by atoms with van der Waals surface area (Å²) in [6.07, 6.45) is 1.24. The Morgan fingerprint density at radius 2 is 1.88 bits per heavy atom. The van der Waals surface area contributed by atoms with E-state index in [-0.39, 0.29) is 11.9 Å². The first-order chi connectivity index (χ1) is 7.81. The molecule has 1 unspecified atom stereocenters. The Bertz CT molecular complexity index is 439. The van der Waals surface area contributed by atoms with Gasteiger partial charge in [-0.25, -0.2) is 4.39 Å². The SMILES string of the molecule is CNC(c1ccccc1)c1ccc(F)cn1. The van der Waals surface area contributed by atoms with E-state index in [0.29, 0.717) is 0 Å². The predicted molar refractivity (Wildman–Crippen MR) is 61.5 cm³/mol. The molecule has 16 heavy (non-hydrogen) atoms. The second-order valence-corrected chi connectivity index (χ2v) is 3.53. The highest BCUT2D eigenvalue weighted by molar-refractivity contribution is 5.27. The van der Waals surface area contributed by atoms with Crippen LogP contribution in [0.25, 0.3) is 0 Å². The second-order valence-electron chi connectivity index (χ2n) is 3.53. The maximum Gasteiger partial charge on any atom is 0.141 e. The molecule has 0 aliphatic heterocycles. The number of nitrogens with one attached hydrogen (secondary N) is 1. The van der Waals surface area contributed by atoms with Gasteiger partial charge in [-0.3, -0.25) is 4.98 Å². The largest absolute Gasteiger partial charge is 0.308 e. The summed E-state index contributed by atoms with van der Waals surface area (Å²) < 4.78 is 12.8. The molecule has 1 atom stereocenters. The van der Waals surface area contributed by atoms with Gasteiger partial charge in [-0.2, -0.15) is 0 Å². The first-order valence-electron chi connectivity index (χ1n) is 5.15. The quantitative estimate of drug-likeness (QED) is 0.852. The van der Waals surface area contributed by atoms with Crippen molar-refractivity contribution in [1.82, 2.24) is 10.3 Å². The lowest BCUT2D eigenvalue weighted by atomic mass is 10.0. The fraction of sp³-hybridized carbons (Fsp3) is 0.154. The Hall–Kier alpha value is -1.74. The third kappa shape index (κ3) is 2.25. The molecule has 1 heterocycles. The zero-order chi connectivity index (χ0) is 11.4. The van der Waals surface area contributed by atoms with Crippen molar-refractivity contribution in [2.45, 2.75) is 6.04 Å². The molecule has 0 radical (unpaired) electrons. The minimum atomic E-state index is -0.313.